The highest BCUT2D eigenvalue weighted by atomic mass is 35.5. The lowest BCUT2D eigenvalue weighted by atomic mass is 9.67. The van der Waals surface area contributed by atoms with E-state index < -0.39 is 0 Å². The van der Waals surface area contributed by atoms with Gasteiger partial charge in [0.25, 0.3) is 0 Å². The number of rotatable bonds is 6. The molecule has 1 aromatic rings. The molecule has 2 fully saturated rings. The zero-order valence-corrected chi connectivity index (χ0v) is 16.2. The number of aliphatic hydroxyl groups excluding tert-OH is 1. The van der Waals surface area contributed by atoms with Crippen molar-refractivity contribution in [3.05, 3.63) is 17.2 Å². The summed E-state index contributed by atoms with van der Waals surface area (Å²) in [6, 6.07) is 3.44. The Balaban J connectivity index is 1.51. The average Bonchev–Trinajstić information content (AvgIpc) is 2.63. The summed E-state index contributed by atoms with van der Waals surface area (Å²) in [5, 5.41) is 9.80. The number of hydrogen-bond donors (Lipinski definition) is 1. The molecule has 3 rings (SSSR count). The molecule has 2 heterocycles. The fourth-order valence-corrected chi connectivity index (χ4v) is 4.11. The largest absolute Gasteiger partial charge is 0.481 e. The van der Waals surface area contributed by atoms with Crippen LogP contribution >= 0.6 is 11.6 Å². The zero-order valence-electron chi connectivity index (χ0n) is 15.4. The Hall–Kier alpha value is -1.53. The number of aliphatic hydroxyl groups is 1. The van der Waals surface area contributed by atoms with Crippen molar-refractivity contribution >= 4 is 17.5 Å². The van der Waals surface area contributed by atoms with Crippen molar-refractivity contribution in [3.63, 3.8) is 0 Å². The number of ether oxygens (including phenoxy) is 2. The Morgan fingerprint density at radius 1 is 1.42 bits per heavy atom. The monoisotopic (exact) mass is 382 g/mol. The first-order valence-electron chi connectivity index (χ1n) is 9.27. The molecule has 6 nitrogen and oxygen atoms in total. The van der Waals surface area contributed by atoms with Gasteiger partial charge in [0.2, 0.25) is 17.7 Å². The van der Waals surface area contributed by atoms with Gasteiger partial charge < -0.3 is 19.5 Å². The smallest absolute Gasteiger partial charge is 0.236 e. The first kappa shape index (κ1) is 19.2. The van der Waals surface area contributed by atoms with E-state index in [9.17, 15) is 9.90 Å². The molecule has 0 bridgehead atoms. The van der Waals surface area contributed by atoms with E-state index in [4.69, 9.17) is 21.1 Å². The minimum atomic E-state index is -0.256. The molecule has 144 valence electrons. The lowest BCUT2D eigenvalue weighted by Gasteiger charge is -2.54. The van der Waals surface area contributed by atoms with Crippen LogP contribution in [0.15, 0.2) is 12.1 Å². The van der Waals surface area contributed by atoms with E-state index in [0.717, 1.165) is 38.8 Å². The van der Waals surface area contributed by atoms with E-state index in [1.54, 1.807) is 19.2 Å². The van der Waals surface area contributed by atoms with Crippen LogP contribution in [-0.2, 0) is 4.79 Å². The van der Waals surface area contributed by atoms with Gasteiger partial charge in [-0.1, -0.05) is 18.5 Å². The molecule has 1 spiro atoms. The van der Waals surface area contributed by atoms with E-state index >= 15 is 0 Å². The summed E-state index contributed by atoms with van der Waals surface area (Å²) in [4.78, 5) is 18.5. The second-order valence-electron chi connectivity index (χ2n) is 7.44. The molecule has 1 saturated carbocycles. The molecule has 1 amide bonds. The molecule has 1 aliphatic heterocycles. The van der Waals surface area contributed by atoms with E-state index in [2.05, 4.69) is 4.98 Å². The summed E-state index contributed by atoms with van der Waals surface area (Å²) in [6.45, 7) is 3.47. The number of halogens is 1. The third-order valence-corrected chi connectivity index (χ3v) is 5.98. The number of aromatic nitrogens is 1. The highest BCUT2D eigenvalue weighted by Crippen LogP contribution is 2.45. The van der Waals surface area contributed by atoms with Crippen LogP contribution in [0.2, 0.25) is 5.02 Å². The van der Waals surface area contributed by atoms with Crippen molar-refractivity contribution in [2.75, 3.05) is 26.8 Å². The number of carbonyl (C=O) groups excluding carboxylic acids is 1. The molecular formula is C19H27ClN2O4. The van der Waals surface area contributed by atoms with Gasteiger partial charge in [-0.2, -0.15) is 4.98 Å². The number of methoxy groups -OCH3 is 1. The van der Waals surface area contributed by atoms with Crippen LogP contribution in [-0.4, -0.2) is 53.8 Å². The van der Waals surface area contributed by atoms with E-state index in [1.165, 1.54) is 0 Å². The molecule has 7 heteroatoms. The van der Waals surface area contributed by atoms with Gasteiger partial charge in [-0.05, 0) is 38.2 Å². The Bertz CT molecular complexity index is 634. The maximum atomic E-state index is 12.3. The van der Waals surface area contributed by atoms with E-state index in [1.807, 2.05) is 11.8 Å². The summed E-state index contributed by atoms with van der Waals surface area (Å²) in [5.41, 5.74) is 0.217. The predicted molar refractivity (Wildman–Crippen MR) is 98.6 cm³/mol. The number of carbonyl (C=O) groups is 1. The average molecular weight is 383 g/mol. The Morgan fingerprint density at radius 3 is 2.69 bits per heavy atom. The molecule has 1 aliphatic carbocycles. The molecule has 1 N–H and O–H groups in total. The van der Waals surface area contributed by atoms with E-state index in [0.29, 0.717) is 23.2 Å². The van der Waals surface area contributed by atoms with Gasteiger partial charge in [0.15, 0.2) is 0 Å². The lowest BCUT2D eigenvalue weighted by molar-refractivity contribution is -0.152. The van der Waals surface area contributed by atoms with Crippen LogP contribution in [0, 0.1) is 11.3 Å². The van der Waals surface area contributed by atoms with Crippen molar-refractivity contribution < 1.29 is 19.4 Å². The third-order valence-electron chi connectivity index (χ3n) is 5.70. The highest BCUT2D eigenvalue weighted by Gasteiger charge is 2.48. The Labute approximate surface area is 159 Å². The summed E-state index contributed by atoms with van der Waals surface area (Å²) >= 11 is 6.17. The van der Waals surface area contributed by atoms with Crippen molar-refractivity contribution in [1.82, 2.24) is 9.88 Å². The first-order valence-corrected chi connectivity index (χ1v) is 9.65. The third kappa shape index (κ3) is 3.91. The van der Waals surface area contributed by atoms with Crippen LogP contribution in [0.3, 0.4) is 0 Å². The SMILES string of the molecule is CC[C@H](CO)C(=O)N1CC2(CCC(Oc3nc(OC)ccc3Cl)CC2)C1. The molecule has 1 atom stereocenters. The van der Waals surface area contributed by atoms with Gasteiger partial charge in [-0.3, -0.25) is 4.79 Å². The summed E-state index contributed by atoms with van der Waals surface area (Å²) in [5.74, 6) is 0.741. The van der Waals surface area contributed by atoms with Gasteiger partial charge in [-0.25, -0.2) is 0 Å². The fraction of sp³-hybridized carbons (Fsp3) is 0.684. The Kier molecular flexibility index (Phi) is 5.92. The Morgan fingerprint density at radius 2 is 2.12 bits per heavy atom. The molecule has 1 aromatic heterocycles. The first-order chi connectivity index (χ1) is 12.5. The fourth-order valence-electron chi connectivity index (χ4n) is 3.96. The molecule has 1 saturated heterocycles. The maximum absolute atomic E-state index is 12.3. The van der Waals surface area contributed by atoms with Gasteiger partial charge in [0.1, 0.15) is 11.1 Å². The summed E-state index contributed by atoms with van der Waals surface area (Å²) in [7, 11) is 1.56. The van der Waals surface area contributed by atoms with Gasteiger partial charge in [-0.15, -0.1) is 0 Å². The number of nitrogens with zero attached hydrogens (tertiary/aromatic N) is 2. The lowest BCUT2D eigenvalue weighted by Crippen LogP contribution is -2.61. The maximum Gasteiger partial charge on any atom is 0.236 e. The minimum Gasteiger partial charge on any atom is -0.481 e. The van der Waals surface area contributed by atoms with Crippen LogP contribution in [0.5, 0.6) is 11.8 Å². The second-order valence-corrected chi connectivity index (χ2v) is 7.85. The van der Waals surface area contributed by atoms with E-state index in [-0.39, 0.29) is 30.0 Å². The van der Waals surface area contributed by atoms with Crippen LogP contribution in [0.4, 0.5) is 0 Å². The molecule has 0 unspecified atom stereocenters. The molecule has 2 aliphatic rings. The standard InChI is InChI=1S/C19H27ClN2O4/c1-3-13(10-23)18(24)22-11-19(12-22)8-6-14(7-9-19)26-17-15(20)4-5-16(21-17)25-2/h4-5,13-14,23H,3,6-12H2,1-2H3/t13-/m1/s1. The summed E-state index contributed by atoms with van der Waals surface area (Å²) in [6.07, 6.45) is 4.67. The quantitative estimate of drug-likeness (QED) is 0.819. The summed E-state index contributed by atoms with van der Waals surface area (Å²) < 4.78 is 11.1. The highest BCUT2D eigenvalue weighted by molar-refractivity contribution is 6.31. The predicted octanol–water partition coefficient (Wildman–Crippen LogP) is 2.91. The van der Waals surface area contributed by atoms with Crippen molar-refractivity contribution in [1.29, 1.82) is 0 Å². The van der Waals surface area contributed by atoms with Gasteiger partial charge in [0.05, 0.1) is 19.6 Å². The number of pyridine rings is 1. The number of likely N-dealkylation sites (tertiary alicyclic amines) is 1. The molecule has 26 heavy (non-hydrogen) atoms. The van der Waals surface area contributed by atoms with Crippen molar-refractivity contribution in [2.24, 2.45) is 11.3 Å². The molecule has 0 radical (unpaired) electrons. The van der Waals surface area contributed by atoms with Gasteiger partial charge >= 0.3 is 0 Å². The second kappa shape index (κ2) is 8.01. The molecular weight excluding hydrogens is 356 g/mol. The normalized spacial score (nSPS) is 20.5. The number of hydrogen-bond acceptors (Lipinski definition) is 5. The zero-order chi connectivity index (χ0) is 18.7. The molecule has 0 aromatic carbocycles. The van der Waals surface area contributed by atoms with Gasteiger partial charge in [0, 0.05) is 24.6 Å². The topological polar surface area (TPSA) is 71.9 Å². The van der Waals surface area contributed by atoms with Crippen LogP contribution in [0.25, 0.3) is 0 Å². The van der Waals surface area contributed by atoms with Crippen molar-refractivity contribution in [2.45, 2.75) is 45.1 Å². The number of amides is 1. The minimum absolute atomic E-state index is 0.0664. The van der Waals surface area contributed by atoms with Crippen LogP contribution in [0.1, 0.15) is 39.0 Å². The van der Waals surface area contributed by atoms with Crippen molar-refractivity contribution in [3.8, 4) is 11.8 Å². The van der Waals surface area contributed by atoms with Crippen LogP contribution < -0.4 is 9.47 Å².